The number of pyridine rings is 2. The van der Waals surface area contributed by atoms with Gasteiger partial charge in [0.2, 0.25) is 5.91 Å². The fourth-order valence-corrected chi connectivity index (χ4v) is 9.69. The summed E-state index contributed by atoms with van der Waals surface area (Å²) in [4.78, 5) is 76.2. The molecule has 9 rings (SSSR count). The molecule has 1 N–H and O–H groups in total. The summed E-state index contributed by atoms with van der Waals surface area (Å²) in [6.45, 7) is 19.3. The topological polar surface area (TPSA) is 140 Å². The number of piperazine rings is 2. The van der Waals surface area contributed by atoms with Crippen LogP contribution in [0.4, 0.5) is 11.4 Å². The van der Waals surface area contributed by atoms with Crippen LogP contribution in [0.15, 0.2) is 59.8 Å². The Labute approximate surface area is 358 Å². The molecule has 3 saturated heterocycles. The van der Waals surface area contributed by atoms with Crippen molar-refractivity contribution < 1.29 is 14.4 Å². The second kappa shape index (κ2) is 18.3. The third-order valence-corrected chi connectivity index (χ3v) is 13.2. The van der Waals surface area contributed by atoms with E-state index in [2.05, 4.69) is 73.6 Å². The van der Waals surface area contributed by atoms with E-state index in [9.17, 15) is 19.2 Å². The minimum Gasteiger partial charge on any atom is -0.369 e. The van der Waals surface area contributed by atoms with Crippen LogP contribution in [0.1, 0.15) is 108 Å². The number of aryl methyl sites for hydroxylation is 1. The fraction of sp³-hybridized carbons (Fsp3) is 0.511. The molecule has 0 spiro atoms. The minimum atomic E-state index is -0.392. The van der Waals surface area contributed by atoms with E-state index in [-0.39, 0.29) is 34.8 Å². The van der Waals surface area contributed by atoms with Gasteiger partial charge in [0.1, 0.15) is 17.5 Å². The molecule has 7 heterocycles. The molecule has 1 aliphatic carbocycles. The number of allylic oxidation sites excluding steroid dienone is 1. The molecule has 4 aromatic rings. The highest BCUT2D eigenvalue weighted by molar-refractivity contribution is 6.02. The number of piperidine rings is 1. The minimum absolute atomic E-state index is 0.0306. The number of rotatable bonds is 9. The standard InChI is InChI=1S/C26H32N6O2.C21H28N4O2/c1-17-22-16-28-23(14-19-8-9-21(15-27-19)31-12-10-30(3)11-13-31)29-25(22)32(20-6-4-5-7-20)26(34)24(17)18(2)33;1-3-8-23-9-11-24(12-10-23)17-5-6-18-16(13-17)14-25(21(18)27)19-7-4-15(2)22-20(19)26/h8-9,15-16,20H,4-7,10-14H2,1-3H3;5-6,13,19H,2-4,7-12,14H2,1H3,(H,22,26). The highest BCUT2D eigenvalue weighted by atomic mass is 16.2. The summed E-state index contributed by atoms with van der Waals surface area (Å²) in [6.07, 6.45) is 10.8. The molecule has 3 aromatic heterocycles. The first-order valence-corrected chi connectivity index (χ1v) is 22.2. The van der Waals surface area contributed by atoms with Gasteiger partial charge in [-0.05, 0) is 101 Å². The number of anilines is 2. The molecule has 14 heteroatoms. The molecule has 61 heavy (non-hydrogen) atoms. The lowest BCUT2D eigenvalue weighted by Crippen LogP contribution is -2.49. The molecule has 0 bridgehead atoms. The largest absolute Gasteiger partial charge is 0.369 e. The zero-order chi connectivity index (χ0) is 42.8. The zero-order valence-electron chi connectivity index (χ0n) is 36.3. The molecular formula is C47H60N10O4. The van der Waals surface area contributed by atoms with Gasteiger partial charge >= 0.3 is 0 Å². The van der Waals surface area contributed by atoms with Crippen LogP contribution < -0.4 is 20.7 Å². The van der Waals surface area contributed by atoms with Gasteiger partial charge in [0.15, 0.2) is 5.78 Å². The quantitative estimate of drug-likeness (QED) is 0.225. The van der Waals surface area contributed by atoms with Gasteiger partial charge in [0.25, 0.3) is 11.5 Å². The summed E-state index contributed by atoms with van der Waals surface area (Å²) in [5.41, 5.74) is 7.07. The Kier molecular flexibility index (Phi) is 12.6. The number of benzene rings is 1. The Hall–Kier alpha value is -5.47. The van der Waals surface area contributed by atoms with Crippen molar-refractivity contribution in [3.05, 3.63) is 99.1 Å². The number of hydrogen-bond acceptors (Lipinski definition) is 11. The number of Topliss-reactive ketones (excluding diaryl/α,β-unsaturated/α-hetero) is 1. The van der Waals surface area contributed by atoms with Gasteiger partial charge in [0, 0.05) is 99.2 Å². The molecule has 5 aliphatic rings. The number of carbonyl (C=O) groups excluding carboxylic acids is 3. The first kappa shape index (κ1) is 42.2. The van der Waals surface area contributed by atoms with Gasteiger partial charge in [0.05, 0.1) is 23.9 Å². The van der Waals surface area contributed by atoms with Gasteiger partial charge in [-0.2, -0.15) is 0 Å². The van der Waals surface area contributed by atoms with Gasteiger partial charge < -0.3 is 24.9 Å². The predicted octanol–water partition coefficient (Wildman–Crippen LogP) is 5.12. The van der Waals surface area contributed by atoms with Crippen molar-refractivity contribution in [3.8, 4) is 0 Å². The summed E-state index contributed by atoms with van der Waals surface area (Å²) in [5.74, 6) is 0.287. The van der Waals surface area contributed by atoms with E-state index in [0.717, 1.165) is 125 Å². The van der Waals surface area contributed by atoms with E-state index in [1.165, 1.54) is 19.0 Å². The number of aromatic nitrogens is 4. The molecule has 1 saturated carbocycles. The molecule has 4 fully saturated rings. The number of carbonyl (C=O) groups is 3. The van der Waals surface area contributed by atoms with Gasteiger partial charge in [-0.1, -0.05) is 26.3 Å². The number of amides is 2. The second-order valence-corrected chi connectivity index (χ2v) is 17.4. The number of nitrogens with zero attached hydrogens (tertiary/aromatic N) is 9. The Bertz CT molecular complexity index is 2360. The van der Waals surface area contributed by atoms with Gasteiger partial charge in [-0.25, -0.2) is 9.97 Å². The van der Waals surface area contributed by atoms with Crippen LogP contribution in [0, 0.1) is 6.92 Å². The molecule has 1 atom stereocenters. The lowest BCUT2D eigenvalue weighted by Gasteiger charge is -2.36. The summed E-state index contributed by atoms with van der Waals surface area (Å²) < 4.78 is 1.77. The van der Waals surface area contributed by atoms with Crippen molar-refractivity contribution in [2.45, 2.75) is 90.8 Å². The number of nitrogens with one attached hydrogen (secondary N) is 1. The first-order chi connectivity index (χ1) is 29.5. The van der Waals surface area contributed by atoms with Crippen molar-refractivity contribution in [3.63, 3.8) is 0 Å². The normalized spacial score (nSPS) is 20.2. The third-order valence-electron chi connectivity index (χ3n) is 13.2. The van der Waals surface area contributed by atoms with Crippen LogP contribution in [-0.2, 0) is 17.8 Å². The molecule has 14 nitrogen and oxygen atoms in total. The average Bonchev–Trinajstić information content (AvgIpc) is 3.90. The summed E-state index contributed by atoms with van der Waals surface area (Å²) in [7, 11) is 2.15. The molecule has 4 aliphatic heterocycles. The lowest BCUT2D eigenvalue weighted by atomic mass is 10.0. The maximum atomic E-state index is 13.4. The van der Waals surface area contributed by atoms with E-state index in [4.69, 9.17) is 4.98 Å². The average molecular weight is 829 g/mol. The van der Waals surface area contributed by atoms with Crippen molar-refractivity contribution in [1.82, 2.24) is 39.5 Å². The monoisotopic (exact) mass is 828 g/mol. The highest BCUT2D eigenvalue weighted by Crippen LogP contribution is 2.33. The SMILES string of the molecule is C=C1CCC(N2Cc3cc(N4CCN(CCC)CC4)ccc3C2=O)C(=O)N1.CC(=O)c1c(C)c2cnc(Cc3ccc(N4CCN(C)CC4)cn3)nc2n(C2CCCC2)c1=O. The fourth-order valence-electron chi connectivity index (χ4n) is 9.69. The van der Waals surface area contributed by atoms with Crippen LogP contribution in [0.3, 0.4) is 0 Å². The van der Waals surface area contributed by atoms with Crippen LogP contribution in [0.25, 0.3) is 11.0 Å². The van der Waals surface area contributed by atoms with Crippen LogP contribution in [0.5, 0.6) is 0 Å². The Balaban J connectivity index is 0.000000173. The van der Waals surface area contributed by atoms with Gasteiger partial charge in [-0.3, -0.25) is 33.6 Å². The third kappa shape index (κ3) is 8.97. The van der Waals surface area contributed by atoms with E-state index in [0.29, 0.717) is 36.4 Å². The second-order valence-electron chi connectivity index (χ2n) is 17.4. The number of hydrogen-bond donors (Lipinski definition) is 1. The van der Waals surface area contributed by atoms with Crippen molar-refractivity contribution >= 4 is 40.0 Å². The van der Waals surface area contributed by atoms with Crippen LogP contribution in [0.2, 0.25) is 0 Å². The maximum Gasteiger partial charge on any atom is 0.263 e. The Morgan fingerprint density at radius 2 is 1.59 bits per heavy atom. The molecular weight excluding hydrogens is 769 g/mol. The lowest BCUT2D eigenvalue weighted by molar-refractivity contribution is -0.126. The number of ketones is 1. The molecule has 1 aromatic carbocycles. The Morgan fingerprint density at radius 3 is 2.26 bits per heavy atom. The van der Waals surface area contributed by atoms with Crippen molar-refractivity contribution in [1.29, 1.82) is 0 Å². The summed E-state index contributed by atoms with van der Waals surface area (Å²) in [6, 6.07) is 9.97. The van der Waals surface area contributed by atoms with Crippen molar-refractivity contribution in [2.24, 2.45) is 0 Å². The van der Waals surface area contributed by atoms with E-state index >= 15 is 0 Å². The van der Waals surface area contributed by atoms with Crippen LogP contribution in [-0.4, -0.2) is 124 Å². The Morgan fingerprint density at radius 1 is 0.885 bits per heavy atom. The van der Waals surface area contributed by atoms with E-state index in [1.54, 1.807) is 15.7 Å². The van der Waals surface area contributed by atoms with E-state index in [1.807, 2.05) is 25.3 Å². The molecule has 322 valence electrons. The molecule has 0 radical (unpaired) electrons. The first-order valence-electron chi connectivity index (χ1n) is 22.2. The number of likely N-dealkylation sites (N-methyl/N-ethyl adjacent to an activating group) is 1. The molecule has 2 amide bonds. The summed E-state index contributed by atoms with van der Waals surface area (Å²) in [5, 5.41) is 3.57. The molecule has 1 unspecified atom stereocenters. The smallest absolute Gasteiger partial charge is 0.263 e. The summed E-state index contributed by atoms with van der Waals surface area (Å²) >= 11 is 0. The zero-order valence-corrected chi connectivity index (χ0v) is 36.3. The number of fused-ring (bicyclic) bond motifs is 2. The highest BCUT2D eigenvalue weighted by Gasteiger charge is 2.38. The van der Waals surface area contributed by atoms with Gasteiger partial charge in [-0.15, -0.1) is 0 Å². The van der Waals surface area contributed by atoms with E-state index < -0.39 is 6.04 Å². The van der Waals surface area contributed by atoms with Crippen LogP contribution >= 0.6 is 0 Å². The predicted molar refractivity (Wildman–Crippen MR) is 238 cm³/mol. The maximum absolute atomic E-state index is 13.4. The van der Waals surface area contributed by atoms with Crippen molar-refractivity contribution in [2.75, 3.05) is 75.8 Å².